The molecule has 0 aliphatic rings. The van der Waals surface area contributed by atoms with Crippen molar-refractivity contribution in [1.82, 2.24) is 0 Å². The predicted octanol–water partition coefficient (Wildman–Crippen LogP) is 2.24. The van der Waals surface area contributed by atoms with Crippen LogP contribution in [-0.4, -0.2) is 11.1 Å². The molecule has 2 N–H and O–H groups in total. The van der Waals surface area contributed by atoms with E-state index in [1.54, 1.807) is 12.1 Å². The van der Waals surface area contributed by atoms with E-state index in [2.05, 4.69) is 15.9 Å². The number of ketones is 1. The van der Waals surface area contributed by atoms with Gasteiger partial charge in [-0.15, -0.1) is 0 Å². The number of para-hydroxylation sites is 1. The lowest BCUT2D eigenvalue weighted by Crippen LogP contribution is -2.03. The van der Waals surface area contributed by atoms with Gasteiger partial charge in [0.25, 0.3) is 0 Å². The molecule has 0 saturated heterocycles. The highest BCUT2D eigenvalue weighted by Crippen LogP contribution is 2.13. The van der Waals surface area contributed by atoms with E-state index in [9.17, 15) is 4.79 Å². The second-order valence-electron chi connectivity index (χ2n) is 2.45. The van der Waals surface area contributed by atoms with Gasteiger partial charge in [0.1, 0.15) is 0 Å². The number of alkyl halides is 1. The Kier molecular flexibility index (Phi) is 3.29. The summed E-state index contributed by atoms with van der Waals surface area (Å²) < 4.78 is 0. The monoisotopic (exact) mass is 227 g/mol. The molecular formula is C9H10BrNO. The zero-order chi connectivity index (χ0) is 8.97. The van der Waals surface area contributed by atoms with Crippen molar-refractivity contribution >= 4 is 27.4 Å². The molecule has 0 saturated carbocycles. The molecule has 0 unspecified atom stereocenters. The molecule has 0 radical (unpaired) electrons. The molecule has 0 bridgehead atoms. The third-order valence-corrected chi connectivity index (χ3v) is 1.98. The maximum Gasteiger partial charge on any atom is 0.165 e. The predicted molar refractivity (Wildman–Crippen MR) is 53.6 cm³/mol. The Hall–Kier alpha value is -0.830. The Labute approximate surface area is 79.9 Å². The summed E-state index contributed by atoms with van der Waals surface area (Å²) in [5, 5.41) is 0.681. The number of carbonyl (C=O) groups is 1. The molecule has 12 heavy (non-hydrogen) atoms. The molecule has 1 rings (SSSR count). The Morgan fingerprint density at radius 3 is 2.67 bits per heavy atom. The Morgan fingerprint density at radius 2 is 2.08 bits per heavy atom. The van der Waals surface area contributed by atoms with Crippen LogP contribution >= 0.6 is 15.9 Å². The molecular weight excluding hydrogens is 218 g/mol. The van der Waals surface area contributed by atoms with Crippen molar-refractivity contribution in [3.63, 3.8) is 0 Å². The van der Waals surface area contributed by atoms with Gasteiger partial charge in [-0.1, -0.05) is 28.1 Å². The maximum absolute atomic E-state index is 11.4. The van der Waals surface area contributed by atoms with Gasteiger partial charge in [0.05, 0.1) is 0 Å². The number of nitrogens with two attached hydrogens (primary N) is 1. The van der Waals surface area contributed by atoms with E-state index in [1.165, 1.54) is 0 Å². The number of anilines is 1. The highest BCUT2D eigenvalue weighted by molar-refractivity contribution is 9.09. The molecule has 0 amide bonds. The first-order chi connectivity index (χ1) is 5.75. The molecule has 0 aliphatic heterocycles. The summed E-state index contributed by atoms with van der Waals surface area (Å²) in [6.07, 6.45) is 0.494. The van der Waals surface area contributed by atoms with Crippen molar-refractivity contribution in [2.75, 3.05) is 11.1 Å². The van der Waals surface area contributed by atoms with Crippen LogP contribution in [-0.2, 0) is 0 Å². The average molecular weight is 228 g/mol. The van der Waals surface area contributed by atoms with E-state index in [0.717, 1.165) is 0 Å². The Balaban J connectivity index is 2.87. The molecule has 0 fully saturated rings. The van der Waals surface area contributed by atoms with E-state index in [0.29, 0.717) is 23.0 Å². The fourth-order valence-electron chi connectivity index (χ4n) is 0.971. The summed E-state index contributed by atoms with van der Waals surface area (Å²) in [4.78, 5) is 11.4. The number of Topliss-reactive ketones (excluding diaryl/α,β-unsaturated/α-hetero) is 1. The van der Waals surface area contributed by atoms with Gasteiger partial charge in [-0.2, -0.15) is 0 Å². The van der Waals surface area contributed by atoms with Gasteiger partial charge in [-0.05, 0) is 12.1 Å². The van der Waals surface area contributed by atoms with Crippen LogP contribution in [0.25, 0.3) is 0 Å². The van der Waals surface area contributed by atoms with Crippen molar-refractivity contribution in [3.05, 3.63) is 29.8 Å². The zero-order valence-electron chi connectivity index (χ0n) is 6.59. The van der Waals surface area contributed by atoms with E-state index in [1.807, 2.05) is 12.1 Å². The highest BCUT2D eigenvalue weighted by Gasteiger charge is 2.06. The van der Waals surface area contributed by atoms with E-state index in [-0.39, 0.29) is 5.78 Å². The van der Waals surface area contributed by atoms with Crippen molar-refractivity contribution in [2.24, 2.45) is 0 Å². The first-order valence-electron chi connectivity index (χ1n) is 3.69. The fraction of sp³-hybridized carbons (Fsp3) is 0.222. The minimum atomic E-state index is 0.0879. The average Bonchev–Trinajstić information content (AvgIpc) is 2.05. The first-order valence-corrected chi connectivity index (χ1v) is 4.81. The summed E-state index contributed by atoms with van der Waals surface area (Å²) in [6.45, 7) is 0. The third kappa shape index (κ3) is 2.08. The van der Waals surface area contributed by atoms with Crippen LogP contribution in [0.1, 0.15) is 16.8 Å². The van der Waals surface area contributed by atoms with Crippen molar-refractivity contribution in [3.8, 4) is 0 Å². The summed E-state index contributed by atoms with van der Waals surface area (Å²) in [5.74, 6) is 0.0879. The van der Waals surface area contributed by atoms with E-state index in [4.69, 9.17) is 5.73 Å². The quantitative estimate of drug-likeness (QED) is 0.489. The van der Waals surface area contributed by atoms with E-state index < -0.39 is 0 Å². The summed E-state index contributed by atoms with van der Waals surface area (Å²) in [6, 6.07) is 7.12. The van der Waals surface area contributed by atoms with Crippen molar-refractivity contribution < 1.29 is 4.79 Å². The zero-order valence-corrected chi connectivity index (χ0v) is 8.17. The smallest absolute Gasteiger partial charge is 0.165 e. The second-order valence-corrected chi connectivity index (χ2v) is 3.24. The molecule has 1 aromatic carbocycles. The van der Waals surface area contributed by atoms with Crippen LogP contribution in [0.2, 0.25) is 0 Å². The van der Waals surface area contributed by atoms with Gasteiger partial charge < -0.3 is 5.73 Å². The first kappa shape index (κ1) is 9.26. The molecule has 2 nitrogen and oxygen atoms in total. The van der Waals surface area contributed by atoms with Gasteiger partial charge in [-0.3, -0.25) is 4.79 Å². The van der Waals surface area contributed by atoms with Crippen LogP contribution in [0.15, 0.2) is 24.3 Å². The van der Waals surface area contributed by atoms with Gasteiger partial charge in [0.15, 0.2) is 5.78 Å². The number of hydrogen-bond acceptors (Lipinski definition) is 2. The SMILES string of the molecule is Nc1ccccc1C(=O)CCBr. The van der Waals surface area contributed by atoms with Crippen LogP contribution in [0, 0.1) is 0 Å². The normalized spacial score (nSPS) is 9.75. The molecule has 1 aromatic rings. The lowest BCUT2D eigenvalue weighted by atomic mass is 10.1. The minimum Gasteiger partial charge on any atom is -0.398 e. The highest BCUT2D eigenvalue weighted by atomic mass is 79.9. The van der Waals surface area contributed by atoms with E-state index >= 15 is 0 Å². The molecule has 0 aliphatic carbocycles. The second kappa shape index (κ2) is 4.26. The molecule has 0 aromatic heterocycles. The summed E-state index contributed by atoms with van der Waals surface area (Å²) in [5.41, 5.74) is 6.80. The van der Waals surface area contributed by atoms with Crippen LogP contribution in [0.4, 0.5) is 5.69 Å². The minimum absolute atomic E-state index is 0.0879. The van der Waals surface area contributed by atoms with Crippen LogP contribution in [0.5, 0.6) is 0 Å². The summed E-state index contributed by atoms with van der Waals surface area (Å²) in [7, 11) is 0. The van der Waals surface area contributed by atoms with Gasteiger partial charge in [0.2, 0.25) is 0 Å². The number of carbonyl (C=O) groups excluding carboxylic acids is 1. The number of rotatable bonds is 3. The molecule has 3 heteroatoms. The van der Waals surface area contributed by atoms with Gasteiger partial charge in [-0.25, -0.2) is 0 Å². The Morgan fingerprint density at radius 1 is 1.42 bits per heavy atom. The largest absolute Gasteiger partial charge is 0.398 e. The van der Waals surface area contributed by atoms with Crippen LogP contribution in [0.3, 0.4) is 0 Å². The lowest BCUT2D eigenvalue weighted by molar-refractivity contribution is 0.0990. The van der Waals surface area contributed by atoms with Crippen molar-refractivity contribution in [1.29, 1.82) is 0 Å². The maximum atomic E-state index is 11.4. The third-order valence-electron chi connectivity index (χ3n) is 1.58. The molecule has 0 spiro atoms. The van der Waals surface area contributed by atoms with Gasteiger partial charge in [0, 0.05) is 23.0 Å². The Bertz CT molecular complexity index is 286. The topological polar surface area (TPSA) is 43.1 Å². The fourth-order valence-corrected chi connectivity index (χ4v) is 1.33. The standard InChI is InChI=1S/C9H10BrNO/c10-6-5-9(12)7-3-1-2-4-8(7)11/h1-4H,5-6,11H2. The number of hydrogen-bond donors (Lipinski definition) is 1. The number of nitrogen functional groups attached to an aromatic ring is 1. The lowest BCUT2D eigenvalue weighted by Gasteiger charge is -2.01. The molecule has 0 heterocycles. The van der Waals surface area contributed by atoms with Crippen LogP contribution < -0.4 is 5.73 Å². The number of halogens is 1. The molecule has 0 atom stereocenters. The molecule has 64 valence electrons. The summed E-state index contributed by atoms with van der Waals surface area (Å²) >= 11 is 3.21. The number of benzene rings is 1. The van der Waals surface area contributed by atoms with Crippen molar-refractivity contribution in [2.45, 2.75) is 6.42 Å². The van der Waals surface area contributed by atoms with Gasteiger partial charge >= 0.3 is 0 Å².